The number of hydrogen-bond acceptors (Lipinski definition) is 2. The van der Waals surface area contributed by atoms with Crippen molar-refractivity contribution in [1.29, 1.82) is 0 Å². The van der Waals surface area contributed by atoms with Crippen LogP contribution in [0.2, 0.25) is 0 Å². The summed E-state index contributed by atoms with van der Waals surface area (Å²) in [7, 11) is 0. The number of nitrogens with two attached hydrogens (primary N) is 1. The van der Waals surface area contributed by atoms with E-state index in [1.54, 1.807) is 0 Å². The molecule has 0 aromatic rings. The fourth-order valence-corrected chi connectivity index (χ4v) is 1.43. The van der Waals surface area contributed by atoms with Gasteiger partial charge in [0.15, 0.2) is 0 Å². The van der Waals surface area contributed by atoms with Gasteiger partial charge in [0.25, 0.3) is 0 Å². The predicted molar refractivity (Wildman–Crippen MR) is 44.5 cm³/mol. The van der Waals surface area contributed by atoms with E-state index < -0.39 is 0 Å². The zero-order valence-corrected chi connectivity index (χ0v) is 7.62. The molecule has 1 fully saturated rings. The molecule has 0 aromatic heterocycles. The zero-order valence-electron chi connectivity index (χ0n) is 6.81. The topological polar surface area (TPSA) is 35.2 Å². The molecular formula is C7H16ClNO. The van der Waals surface area contributed by atoms with Crippen molar-refractivity contribution in [2.24, 2.45) is 5.73 Å². The highest BCUT2D eigenvalue weighted by molar-refractivity contribution is 5.85. The van der Waals surface area contributed by atoms with Crippen molar-refractivity contribution in [3.05, 3.63) is 0 Å². The summed E-state index contributed by atoms with van der Waals surface area (Å²) >= 11 is 0. The van der Waals surface area contributed by atoms with Crippen LogP contribution in [0, 0.1) is 0 Å². The molecule has 1 unspecified atom stereocenters. The summed E-state index contributed by atoms with van der Waals surface area (Å²) in [5, 5.41) is 0. The van der Waals surface area contributed by atoms with Crippen molar-refractivity contribution in [3.63, 3.8) is 0 Å². The Balaban J connectivity index is 0.000000810. The molecule has 1 aliphatic rings. The Bertz CT molecular complexity index is 109. The molecule has 1 aliphatic heterocycles. The van der Waals surface area contributed by atoms with Crippen LogP contribution in [0.4, 0.5) is 0 Å². The molecule has 0 amide bonds. The minimum atomic E-state index is -0.0938. The third kappa shape index (κ3) is 2.45. The van der Waals surface area contributed by atoms with Crippen LogP contribution in [-0.2, 0) is 4.74 Å². The van der Waals surface area contributed by atoms with Gasteiger partial charge in [0, 0.05) is 5.54 Å². The Labute approximate surface area is 68.5 Å². The maximum absolute atomic E-state index is 5.83. The summed E-state index contributed by atoms with van der Waals surface area (Å²) in [6.45, 7) is 6.87. The van der Waals surface area contributed by atoms with Crippen LogP contribution in [0.15, 0.2) is 0 Å². The van der Waals surface area contributed by atoms with Gasteiger partial charge < -0.3 is 10.5 Å². The number of hydrogen-bond donors (Lipinski definition) is 1. The van der Waals surface area contributed by atoms with Gasteiger partial charge in [-0.3, -0.25) is 0 Å². The van der Waals surface area contributed by atoms with Gasteiger partial charge >= 0.3 is 0 Å². The first-order valence-electron chi connectivity index (χ1n) is 3.34. The van der Waals surface area contributed by atoms with Gasteiger partial charge in [-0.2, -0.15) is 0 Å². The Morgan fingerprint density at radius 1 is 1.30 bits per heavy atom. The molecular weight excluding hydrogens is 150 g/mol. The number of halogens is 1. The van der Waals surface area contributed by atoms with Gasteiger partial charge in [0.2, 0.25) is 0 Å². The largest absolute Gasteiger partial charge is 0.374 e. The van der Waals surface area contributed by atoms with E-state index in [1.165, 1.54) is 0 Å². The summed E-state index contributed by atoms with van der Waals surface area (Å²) in [6.07, 6.45) is 0.958. The highest BCUT2D eigenvalue weighted by Gasteiger charge is 2.37. The van der Waals surface area contributed by atoms with Crippen molar-refractivity contribution < 1.29 is 4.74 Å². The molecule has 0 aromatic carbocycles. The Morgan fingerprint density at radius 3 is 1.90 bits per heavy atom. The third-order valence-electron chi connectivity index (χ3n) is 1.62. The third-order valence-corrected chi connectivity index (χ3v) is 1.62. The Morgan fingerprint density at radius 2 is 1.80 bits per heavy atom. The second kappa shape index (κ2) is 2.68. The first-order valence-corrected chi connectivity index (χ1v) is 3.34. The molecule has 2 nitrogen and oxygen atoms in total. The van der Waals surface area contributed by atoms with Gasteiger partial charge in [0.05, 0.1) is 12.2 Å². The lowest BCUT2D eigenvalue weighted by atomic mass is 9.94. The molecule has 1 atom stereocenters. The van der Waals surface area contributed by atoms with E-state index >= 15 is 0 Å². The van der Waals surface area contributed by atoms with Crippen LogP contribution in [0.1, 0.15) is 27.2 Å². The average Bonchev–Trinajstić information content (AvgIpc) is 1.78. The summed E-state index contributed by atoms with van der Waals surface area (Å²) < 4.78 is 5.43. The fraction of sp³-hybridized carbons (Fsp3) is 1.00. The smallest absolute Gasteiger partial charge is 0.0651 e. The molecule has 0 radical (unpaired) electrons. The van der Waals surface area contributed by atoms with Crippen LogP contribution in [-0.4, -0.2) is 17.7 Å². The van der Waals surface area contributed by atoms with Crippen LogP contribution in [0.5, 0.6) is 0 Å². The molecule has 1 rings (SSSR count). The van der Waals surface area contributed by atoms with Crippen molar-refractivity contribution in [2.75, 3.05) is 6.61 Å². The Hall–Kier alpha value is 0.210. The minimum Gasteiger partial charge on any atom is -0.374 e. The summed E-state index contributed by atoms with van der Waals surface area (Å²) in [6, 6.07) is 0. The van der Waals surface area contributed by atoms with Crippen molar-refractivity contribution >= 4 is 12.4 Å². The highest BCUT2D eigenvalue weighted by Crippen LogP contribution is 2.29. The average molecular weight is 166 g/mol. The lowest BCUT2D eigenvalue weighted by Crippen LogP contribution is -2.37. The quantitative estimate of drug-likeness (QED) is 0.588. The Kier molecular flexibility index (Phi) is 2.74. The summed E-state index contributed by atoms with van der Waals surface area (Å²) in [5.74, 6) is 0. The molecule has 1 heterocycles. The van der Waals surface area contributed by atoms with E-state index in [-0.39, 0.29) is 23.5 Å². The predicted octanol–water partition coefficient (Wildman–Crippen LogP) is 1.32. The molecule has 2 N–H and O–H groups in total. The van der Waals surface area contributed by atoms with E-state index in [0.717, 1.165) is 6.42 Å². The first-order chi connectivity index (χ1) is 3.91. The van der Waals surface area contributed by atoms with E-state index in [2.05, 4.69) is 13.8 Å². The lowest BCUT2D eigenvalue weighted by molar-refractivity contribution is 0.0345. The van der Waals surface area contributed by atoms with Crippen LogP contribution >= 0.6 is 12.4 Å². The molecule has 3 heteroatoms. The fourth-order valence-electron chi connectivity index (χ4n) is 1.43. The highest BCUT2D eigenvalue weighted by atomic mass is 35.5. The monoisotopic (exact) mass is 165 g/mol. The van der Waals surface area contributed by atoms with Crippen LogP contribution < -0.4 is 5.73 Å². The van der Waals surface area contributed by atoms with Gasteiger partial charge in [-0.15, -0.1) is 12.4 Å². The molecule has 0 spiro atoms. The van der Waals surface area contributed by atoms with E-state index in [1.807, 2.05) is 6.92 Å². The molecule has 1 saturated heterocycles. The number of rotatable bonds is 0. The second-order valence-electron chi connectivity index (χ2n) is 3.88. The van der Waals surface area contributed by atoms with Gasteiger partial charge in [-0.05, 0) is 27.2 Å². The molecule has 62 valence electrons. The molecule has 10 heavy (non-hydrogen) atoms. The van der Waals surface area contributed by atoms with E-state index in [9.17, 15) is 0 Å². The molecule has 0 aliphatic carbocycles. The second-order valence-corrected chi connectivity index (χ2v) is 3.88. The van der Waals surface area contributed by atoms with Gasteiger partial charge in [0.1, 0.15) is 0 Å². The lowest BCUT2D eigenvalue weighted by Gasteiger charge is -2.18. The molecule has 0 saturated carbocycles. The minimum absolute atomic E-state index is 0. The summed E-state index contributed by atoms with van der Waals surface area (Å²) in [5.41, 5.74) is 5.74. The van der Waals surface area contributed by atoms with Crippen molar-refractivity contribution in [1.82, 2.24) is 0 Å². The summed E-state index contributed by atoms with van der Waals surface area (Å²) in [4.78, 5) is 0. The standard InChI is InChI=1S/C7H15NO.ClH/c1-6(2)4-7(3,8)5-9-6;/h4-5,8H2,1-3H3;1H. The maximum atomic E-state index is 5.83. The molecule has 0 bridgehead atoms. The van der Waals surface area contributed by atoms with Gasteiger partial charge in [-0.1, -0.05) is 0 Å². The number of ether oxygens (including phenoxy) is 1. The van der Waals surface area contributed by atoms with Gasteiger partial charge in [-0.25, -0.2) is 0 Å². The van der Waals surface area contributed by atoms with Crippen molar-refractivity contribution in [2.45, 2.75) is 38.3 Å². The van der Waals surface area contributed by atoms with Crippen LogP contribution in [0.3, 0.4) is 0 Å². The van der Waals surface area contributed by atoms with E-state index in [4.69, 9.17) is 10.5 Å². The first kappa shape index (κ1) is 10.2. The van der Waals surface area contributed by atoms with E-state index in [0.29, 0.717) is 6.61 Å². The zero-order chi connectivity index (χ0) is 7.12. The van der Waals surface area contributed by atoms with Crippen molar-refractivity contribution in [3.8, 4) is 0 Å². The SMILES string of the molecule is CC1(N)COC(C)(C)C1.Cl. The van der Waals surface area contributed by atoms with Crippen LogP contribution in [0.25, 0.3) is 0 Å². The maximum Gasteiger partial charge on any atom is 0.0651 e. The normalized spacial score (nSPS) is 37.2.